The minimum Gasteiger partial charge on any atom is -0.368 e. The van der Waals surface area contributed by atoms with Crippen LogP contribution in [0.4, 0.5) is 0 Å². The highest BCUT2D eigenvalue weighted by atomic mass is 32.1. The lowest BCUT2D eigenvalue weighted by Gasteiger charge is -2.37. The molecule has 2 amide bonds. The van der Waals surface area contributed by atoms with Gasteiger partial charge in [0.1, 0.15) is 18.7 Å². The maximum absolute atomic E-state index is 13.4. The van der Waals surface area contributed by atoms with E-state index in [0.717, 1.165) is 23.3 Å². The first kappa shape index (κ1) is 21.7. The second kappa shape index (κ2) is 9.32. The third-order valence-corrected chi connectivity index (χ3v) is 6.81. The van der Waals surface area contributed by atoms with E-state index in [9.17, 15) is 14.4 Å². The maximum Gasteiger partial charge on any atom is 0.251 e. The molecular weight excluding hydrogens is 412 g/mol. The van der Waals surface area contributed by atoms with Crippen LogP contribution in [0.15, 0.2) is 41.8 Å². The normalized spacial score (nSPS) is 21.8. The maximum atomic E-state index is 13.4. The van der Waals surface area contributed by atoms with Gasteiger partial charge in [-0.25, -0.2) is 0 Å². The summed E-state index contributed by atoms with van der Waals surface area (Å²) in [6.07, 6.45) is 1.89. The second-order valence-electron chi connectivity index (χ2n) is 8.64. The van der Waals surface area contributed by atoms with E-state index in [1.54, 1.807) is 28.4 Å². The average molecular weight is 441 g/mol. The van der Waals surface area contributed by atoms with E-state index >= 15 is 0 Å². The summed E-state index contributed by atoms with van der Waals surface area (Å²) in [5.74, 6) is -0.298. The van der Waals surface area contributed by atoms with Gasteiger partial charge in [0.15, 0.2) is 5.78 Å². The molecule has 2 aromatic rings. The van der Waals surface area contributed by atoms with Crippen molar-refractivity contribution in [3.05, 3.63) is 47.3 Å². The minimum atomic E-state index is -0.670. The highest BCUT2D eigenvalue weighted by Gasteiger charge is 2.45. The quantitative estimate of drug-likeness (QED) is 0.746. The van der Waals surface area contributed by atoms with Crippen molar-refractivity contribution in [3.8, 4) is 10.4 Å². The number of hydrogen-bond donors (Lipinski definition) is 1. The lowest BCUT2D eigenvalue weighted by atomic mass is 9.95. The number of thiophene rings is 1. The molecule has 3 unspecified atom stereocenters. The zero-order chi connectivity index (χ0) is 22.0. The molecule has 2 aliphatic rings. The molecule has 1 aromatic carbocycles. The number of ketones is 1. The molecule has 0 bridgehead atoms. The smallest absolute Gasteiger partial charge is 0.251 e. The first-order chi connectivity index (χ1) is 14.9. The Morgan fingerprint density at radius 1 is 1.23 bits per heavy atom. The fourth-order valence-corrected chi connectivity index (χ4v) is 5.13. The van der Waals surface area contributed by atoms with Crippen molar-refractivity contribution in [1.82, 2.24) is 10.2 Å². The van der Waals surface area contributed by atoms with Crippen molar-refractivity contribution in [1.29, 1.82) is 0 Å². The van der Waals surface area contributed by atoms with Gasteiger partial charge in [0, 0.05) is 17.0 Å². The number of amides is 2. The Morgan fingerprint density at radius 3 is 2.68 bits per heavy atom. The number of ether oxygens (including phenoxy) is 1. The molecule has 31 heavy (non-hydrogen) atoms. The highest BCUT2D eigenvalue weighted by molar-refractivity contribution is 7.13. The van der Waals surface area contributed by atoms with E-state index in [1.807, 2.05) is 43.5 Å². The number of nitrogens with zero attached hydrogens (tertiary/aromatic N) is 1. The lowest BCUT2D eigenvalue weighted by molar-refractivity contribution is -0.142. The summed E-state index contributed by atoms with van der Waals surface area (Å²) in [6.45, 7) is 4.63. The topological polar surface area (TPSA) is 75.7 Å². The van der Waals surface area contributed by atoms with Crippen molar-refractivity contribution >= 4 is 28.9 Å². The van der Waals surface area contributed by atoms with Gasteiger partial charge < -0.3 is 15.0 Å². The van der Waals surface area contributed by atoms with Crippen LogP contribution in [0.5, 0.6) is 0 Å². The van der Waals surface area contributed by atoms with Crippen LogP contribution in [0.1, 0.15) is 43.5 Å². The largest absolute Gasteiger partial charge is 0.368 e. The molecule has 6 nitrogen and oxygen atoms in total. The number of rotatable bonds is 6. The Bertz CT molecular complexity index is 939. The third kappa shape index (κ3) is 4.72. The van der Waals surface area contributed by atoms with E-state index in [2.05, 4.69) is 5.32 Å². The van der Waals surface area contributed by atoms with Gasteiger partial charge in [0.25, 0.3) is 5.91 Å². The van der Waals surface area contributed by atoms with Crippen LogP contribution >= 0.6 is 11.3 Å². The summed E-state index contributed by atoms with van der Waals surface area (Å²) in [5, 5.41) is 4.95. The molecular formula is C24H28N2O4S. The lowest BCUT2D eigenvalue weighted by Crippen LogP contribution is -2.58. The predicted octanol–water partition coefficient (Wildman–Crippen LogP) is 3.52. The van der Waals surface area contributed by atoms with Gasteiger partial charge in [-0.05, 0) is 54.3 Å². The number of nitrogens with one attached hydrogen (secondary N) is 1. The Morgan fingerprint density at radius 2 is 2.00 bits per heavy atom. The van der Waals surface area contributed by atoms with Crippen LogP contribution in [0.3, 0.4) is 0 Å². The number of carbonyl (C=O) groups is 3. The summed E-state index contributed by atoms with van der Waals surface area (Å²) in [4.78, 5) is 41.5. The van der Waals surface area contributed by atoms with Crippen molar-refractivity contribution in [2.24, 2.45) is 5.92 Å². The summed E-state index contributed by atoms with van der Waals surface area (Å²) < 4.78 is 5.57. The van der Waals surface area contributed by atoms with Crippen LogP contribution in [0.2, 0.25) is 0 Å². The van der Waals surface area contributed by atoms with Crippen molar-refractivity contribution < 1.29 is 19.1 Å². The van der Waals surface area contributed by atoms with Crippen LogP contribution in [-0.4, -0.2) is 53.8 Å². The molecule has 1 N–H and O–H groups in total. The van der Waals surface area contributed by atoms with Crippen molar-refractivity contribution in [3.63, 3.8) is 0 Å². The minimum absolute atomic E-state index is 0.0446. The van der Waals surface area contributed by atoms with E-state index in [-0.39, 0.29) is 36.2 Å². The summed E-state index contributed by atoms with van der Waals surface area (Å²) >= 11 is 1.65. The van der Waals surface area contributed by atoms with E-state index in [1.165, 1.54) is 0 Å². The first-order valence-electron chi connectivity index (χ1n) is 10.8. The van der Waals surface area contributed by atoms with Crippen LogP contribution in [0, 0.1) is 5.92 Å². The van der Waals surface area contributed by atoms with Gasteiger partial charge in [-0.1, -0.05) is 32.0 Å². The molecule has 2 fully saturated rings. The Balaban J connectivity index is 1.49. The molecule has 3 atom stereocenters. The number of Topliss-reactive ketones (excluding diaryl/α,β-unsaturated/α-hetero) is 1. The standard InChI is InChI=1S/C24H28N2O4S/c1-15(2)13-18(24(29)26-11-3-5-20-22(26)19(27)14-30-20)25-23(28)17-9-7-16(8-10-17)21-6-4-12-31-21/h4,6-10,12,15,18,20,22H,3,5,11,13-14H2,1-2H3,(H,25,28). The second-order valence-corrected chi connectivity index (χ2v) is 9.59. The molecule has 2 aliphatic heterocycles. The molecule has 164 valence electrons. The van der Waals surface area contributed by atoms with Gasteiger partial charge >= 0.3 is 0 Å². The monoisotopic (exact) mass is 440 g/mol. The molecule has 7 heteroatoms. The molecule has 4 rings (SSSR count). The zero-order valence-electron chi connectivity index (χ0n) is 17.9. The molecule has 2 saturated heterocycles. The van der Waals surface area contributed by atoms with Gasteiger partial charge in [0.05, 0.1) is 6.10 Å². The van der Waals surface area contributed by atoms with E-state index in [0.29, 0.717) is 18.5 Å². The zero-order valence-corrected chi connectivity index (χ0v) is 18.7. The SMILES string of the molecule is CC(C)CC(NC(=O)c1ccc(-c2cccs2)cc1)C(=O)N1CCCC2OCC(=O)C21. The van der Waals surface area contributed by atoms with Crippen LogP contribution < -0.4 is 5.32 Å². The number of carbonyl (C=O) groups excluding carboxylic acids is 3. The molecule has 3 heterocycles. The fourth-order valence-electron chi connectivity index (χ4n) is 4.40. The number of likely N-dealkylation sites (tertiary alicyclic amines) is 1. The summed E-state index contributed by atoms with van der Waals surface area (Å²) in [7, 11) is 0. The molecule has 0 spiro atoms. The van der Waals surface area contributed by atoms with Crippen molar-refractivity contribution in [2.45, 2.75) is 51.3 Å². The third-order valence-electron chi connectivity index (χ3n) is 5.89. The Labute approximate surface area is 186 Å². The van der Waals surface area contributed by atoms with Gasteiger partial charge in [-0.3, -0.25) is 14.4 Å². The molecule has 0 saturated carbocycles. The predicted molar refractivity (Wildman–Crippen MR) is 120 cm³/mol. The van der Waals surface area contributed by atoms with Gasteiger partial charge in [-0.15, -0.1) is 11.3 Å². The van der Waals surface area contributed by atoms with E-state index in [4.69, 9.17) is 4.74 Å². The number of fused-ring (bicyclic) bond motifs is 1. The van der Waals surface area contributed by atoms with Crippen LogP contribution in [0.25, 0.3) is 10.4 Å². The first-order valence-corrected chi connectivity index (χ1v) is 11.7. The fraction of sp³-hybridized carbons (Fsp3) is 0.458. The van der Waals surface area contributed by atoms with Gasteiger partial charge in [0.2, 0.25) is 5.91 Å². The van der Waals surface area contributed by atoms with Crippen molar-refractivity contribution in [2.75, 3.05) is 13.2 Å². The van der Waals surface area contributed by atoms with Crippen LogP contribution in [-0.2, 0) is 14.3 Å². The average Bonchev–Trinajstić information content (AvgIpc) is 3.43. The number of hydrogen-bond acceptors (Lipinski definition) is 5. The highest BCUT2D eigenvalue weighted by Crippen LogP contribution is 2.28. The molecule has 1 aromatic heterocycles. The molecule has 0 radical (unpaired) electrons. The van der Waals surface area contributed by atoms with E-state index < -0.39 is 12.1 Å². The Kier molecular flexibility index (Phi) is 6.53. The summed E-state index contributed by atoms with van der Waals surface area (Å²) in [6, 6.07) is 10.3. The number of piperidine rings is 1. The Hall–Kier alpha value is -2.51. The number of benzene rings is 1. The molecule has 0 aliphatic carbocycles. The van der Waals surface area contributed by atoms with Gasteiger partial charge in [-0.2, -0.15) is 0 Å². The summed E-state index contributed by atoms with van der Waals surface area (Å²) in [5.41, 5.74) is 1.57.